The Balaban J connectivity index is 1.46. The molecule has 0 radical (unpaired) electrons. The Labute approximate surface area is 248 Å². The summed E-state index contributed by atoms with van der Waals surface area (Å²) in [6.07, 6.45) is 9.50. The first-order valence-electron chi connectivity index (χ1n) is 14.6. The summed E-state index contributed by atoms with van der Waals surface area (Å²) in [6, 6.07) is 41.5. The first-order chi connectivity index (χ1) is 20.5. The fraction of sp³-hybridized carbons (Fsp3) is 0.0976. The number of nitrogens with zero attached hydrogens (tertiary/aromatic N) is 1. The molecule has 0 amide bonds. The lowest BCUT2D eigenvalue weighted by atomic mass is 9.76. The molecular weight excluding hydrogens is 506 g/mol. The van der Waals surface area contributed by atoms with Crippen LogP contribution in [0.1, 0.15) is 30.7 Å². The minimum absolute atomic E-state index is 0.243. The summed E-state index contributed by atoms with van der Waals surface area (Å²) in [5.41, 5.74) is 10.6. The first kappa shape index (κ1) is 25.9. The Bertz CT molecular complexity index is 1970. The van der Waals surface area contributed by atoms with Gasteiger partial charge in [0, 0.05) is 23.7 Å². The van der Waals surface area contributed by atoms with Gasteiger partial charge in [-0.3, -0.25) is 4.98 Å². The van der Waals surface area contributed by atoms with Crippen LogP contribution in [0.3, 0.4) is 0 Å². The van der Waals surface area contributed by atoms with E-state index in [-0.39, 0.29) is 5.41 Å². The highest BCUT2D eigenvalue weighted by Crippen LogP contribution is 2.44. The lowest BCUT2D eigenvalue weighted by Crippen LogP contribution is -2.21. The molecule has 1 aliphatic rings. The lowest BCUT2D eigenvalue weighted by molar-refractivity contribution is 0.630. The Morgan fingerprint density at radius 2 is 1.14 bits per heavy atom. The van der Waals surface area contributed by atoms with Crippen molar-refractivity contribution in [2.45, 2.75) is 25.7 Å². The van der Waals surface area contributed by atoms with Gasteiger partial charge >= 0.3 is 0 Å². The minimum Gasteiger partial charge on any atom is -0.261 e. The van der Waals surface area contributed by atoms with Crippen LogP contribution >= 0.6 is 0 Å². The second-order valence-corrected chi connectivity index (χ2v) is 11.6. The molecule has 0 saturated carbocycles. The third-order valence-corrected chi connectivity index (χ3v) is 8.81. The molecule has 0 N–H and O–H groups in total. The van der Waals surface area contributed by atoms with Gasteiger partial charge in [0.2, 0.25) is 0 Å². The van der Waals surface area contributed by atoms with E-state index in [1.54, 1.807) is 0 Å². The van der Waals surface area contributed by atoms with Crippen LogP contribution in [-0.4, -0.2) is 4.98 Å². The molecule has 0 saturated heterocycles. The van der Waals surface area contributed by atoms with Crippen LogP contribution in [0.2, 0.25) is 0 Å². The molecule has 0 aliphatic heterocycles. The highest BCUT2D eigenvalue weighted by molar-refractivity contribution is 6.19. The molecule has 6 aromatic rings. The summed E-state index contributed by atoms with van der Waals surface area (Å²) >= 11 is 0. The van der Waals surface area contributed by atoms with Crippen LogP contribution in [0.25, 0.3) is 49.4 Å². The fourth-order valence-corrected chi connectivity index (χ4v) is 6.42. The minimum atomic E-state index is -0.243. The second kappa shape index (κ2) is 10.4. The third-order valence-electron chi connectivity index (χ3n) is 8.81. The normalized spacial score (nSPS) is 16.6. The second-order valence-electron chi connectivity index (χ2n) is 11.6. The molecule has 1 nitrogen and oxygen atoms in total. The molecular formula is C41H33N. The van der Waals surface area contributed by atoms with E-state index in [0.29, 0.717) is 0 Å². The van der Waals surface area contributed by atoms with Crippen molar-refractivity contribution in [3.63, 3.8) is 0 Å². The molecule has 7 rings (SSSR count). The lowest BCUT2D eigenvalue weighted by Gasteiger charge is -2.28. The zero-order valence-corrected chi connectivity index (χ0v) is 24.1. The summed E-state index contributed by atoms with van der Waals surface area (Å²) in [5.74, 6) is 0. The smallest absolute Gasteiger partial charge is 0.0482 e. The number of hydrogen-bond donors (Lipinski definition) is 0. The van der Waals surface area contributed by atoms with E-state index < -0.39 is 0 Å². The van der Waals surface area contributed by atoms with Crippen LogP contribution < -0.4 is 0 Å². The fourth-order valence-electron chi connectivity index (χ4n) is 6.42. The van der Waals surface area contributed by atoms with E-state index in [4.69, 9.17) is 4.98 Å². The first-order valence-corrected chi connectivity index (χ1v) is 14.6. The molecule has 0 atom stereocenters. The summed E-state index contributed by atoms with van der Waals surface area (Å²) in [5, 5.41) is 5.00. The van der Waals surface area contributed by atoms with Crippen molar-refractivity contribution in [2.24, 2.45) is 0 Å². The molecule has 42 heavy (non-hydrogen) atoms. The van der Waals surface area contributed by atoms with E-state index >= 15 is 0 Å². The number of aromatic nitrogens is 1. The number of allylic oxidation sites excluding steroid dienone is 5. The van der Waals surface area contributed by atoms with Crippen molar-refractivity contribution in [1.29, 1.82) is 0 Å². The van der Waals surface area contributed by atoms with Crippen molar-refractivity contribution in [3.8, 4) is 22.3 Å². The van der Waals surface area contributed by atoms with Crippen LogP contribution in [0.4, 0.5) is 0 Å². The average molecular weight is 540 g/mol. The SMILES string of the molecule is C=C1/C=C(c2c3ccccc3c(-c3ccc(-c4ccccc4)cc3)c3ccccc23)\C=C/Cc2ncccc2C1(C)C. The Hall–Kier alpha value is -5.01. The number of hydrogen-bond acceptors (Lipinski definition) is 1. The van der Waals surface area contributed by atoms with Crippen LogP contribution in [0.5, 0.6) is 0 Å². The zero-order chi connectivity index (χ0) is 28.7. The van der Waals surface area contributed by atoms with E-state index in [0.717, 1.165) is 17.7 Å². The van der Waals surface area contributed by atoms with Gasteiger partial charge in [0.05, 0.1) is 0 Å². The zero-order valence-electron chi connectivity index (χ0n) is 24.1. The summed E-state index contributed by atoms with van der Waals surface area (Å²) in [7, 11) is 0. The number of rotatable bonds is 3. The number of fused-ring (bicyclic) bond motifs is 3. The molecule has 0 fully saturated rings. The van der Waals surface area contributed by atoms with Crippen molar-refractivity contribution in [3.05, 3.63) is 169 Å². The van der Waals surface area contributed by atoms with Gasteiger partial charge in [0.25, 0.3) is 0 Å². The van der Waals surface area contributed by atoms with E-state index in [2.05, 4.69) is 148 Å². The molecule has 1 heteroatoms. The number of pyridine rings is 1. The maximum absolute atomic E-state index is 4.75. The average Bonchev–Trinajstić information content (AvgIpc) is 3.08. The van der Waals surface area contributed by atoms with E-state index in [1.807, 2.05) is 12.3 Å². The van der Waals surface area contributed by atoms with Crippen LogP contribution in [0, 0.1) is 0 Å². The van der Waals surface area contributed by atoms with Crippen molar-refractivity contribution in [1.82, 2.24) is 4.98 Å². The van der Waals surface area contributed by atoms with Gasteiger partial charge in [-0.05, 0) is 72.1 Å². The predicted molar refractivity (Wildman–Crippen MR) is 180 cm³/mol. The molecule has 0 bridgehead atoms. The van der Waals surface area contributed by atoms with Gasteiger partial charge in [-0.2, -0.15) is 0 Å². The largest absolute Gasteiger partial charge is 0.261 e. The topological polar surface area (TPSA) is 12.9 Å². The van der Waals surface area contributed by atoms with Gasteiger partial charge in [-0.1, -0.05) is 148 Å². The van der Waals surface area contributed by atoms with Crippen LogP contribution in [-0.2, 0) is 11.8 Å². The highest BCUT2D eigenvalue weighted by Gasteiger charge is 2.27. The molecule has 1 aromatic heterocycles. The van der Waals surface area contributed by atoms with Gasteiger partial charge in [0.15, 0.2) is 0 Å². The molecule has 0 unspecified atom stereocenters. The van der Waals surface area contributed by atoms with Crippen molar-refractivity contribution in [2.75, 3.05) is 0 Å². The summed E-state index contributed by atoms with van der Waals surface area (Å²) in [4.78, 5) is 4.75. The third kappa shape index (κ3) is 4.39. The van der Waals surface area contributed by atoms with E-state index in [9.17, 15) is 0 Å². The van der Waals surface area contributed by atoms with Gasteiger partial charge in [-0.25, -0.2) is 0 Å². The maximum Gasteiger partial charge on any atom is 0.0482 e. The Kier molecular flexibility index (Phi) is 6.44. The predicted octanol–water partition coefficient (Wildman–Crippen LogP) is 10.8. The van der Waals surface area contributed by atoms with Gasteiger partial charge in [-0.15, -0.1) is 0 Å². The van der Waals surface area contributed by atoms with Gasteiger partial charge < -0.3 is 0 Å². The monoisotopic (exact) mass is 539 g/mol. The van der Waals surface area contributed by atoms with Crippen molar-refractivity contribution >= 4 is 27.1 Å². The van der Waals surface area contributed by atoms with E-state index in [1.165, 1.54) is 60.5 Å². The summed E-state index contributed by atoms with van der Waals surface area (Å²) < 4.78 is 0. The number of benzene rings is 5. The maximum atomic E-state index is 4.75. The standard InChI is InChI=1S/C41H33N/c1-28-27-32(15-11-21-38-37(41(28,2)3)20-12-26-42-38)40-35-18-9-7-16-33(35)39(34-17-8-10-19-36(34)40)31-24-22-30(23-25-31)29-13-5-4-6-14-29/h4-20,22-27H,1,21H2,2-3H3/b15-11-,32-27+. The Morgan fingerprint density at radius 1 is 0.595 bits per heavy atom. The molecule has 1 heterocycles. The Morgan fingerprint density at radius 3 is 1.79 bits per heavy atom. The molecule has 5 aromatic carbocycles. The molecule has 0 spiro atoms. The highest BCUT2D eigenvalue weighted by atomic mass is 14.7. The molecule has 1 aliphatic carbocycles. The van der Waals surface area contributed by atoms with Gasteiger partial charge in [0.1, 0.15) is 0 Å². The molecule has 202 valence electrons. The van der Waals surface area contributed by atoms with Crippen molar-refractivity contribution < 1.29 is 0 Å². The quantitative estimate of drug-likeness (QED) is 0.204. The van der Waals surface area contributed by atoms with Crippen LogP contribution in [0.15, 0.2) is 152 Å². The summed E-state index contributed by atoms with van der Waals surface area (Å²) in [6.45, 7) is 9.12.